The highest BCUT2D eigenvalue weighted by atomic mass is 16.5. The molecular weight excluding hydrogens is 430 g/mol. The monoisotopic (exact) mass is 459 g/mol. The highest BCUT2D eigenvalue weighted by Gasteiger charge is 2.17. The number of hydrogen-bond acceptors (Lipinski definition) is 5. The molecule has 0 aromatic heterocycles. The lowest BCUT2D eigenvalue weighted by Crippen LogP contribution is -2.24. The van der Waals surface area contributed by atoms with Gasteiger partial charge in [-0.1, -0.05) is 48.5 Å². The molecule has 3 aromatic rings. The number of rotatable bonds is 10. The van der Waals surface area contributed by atoms with Gasteiger partial charge >= 0.3 is 0 Å². The Morgan fingerprint density at radius 2 is 1.79 bits per heavy atom. The van der Waals surface area contributed by atoms with Crippen LogP contribution < -0.4 is 20.7 Å². The van der Waals surface area contributed by atoms with Crippen molar-refractivity contribution in [3.63, 3.8) is 0 Å². The van der Waals surface area contributed by atoms with Crippen molar-refractivity contribution in [1.29, 1.82) is 0 Å². The first-order valence-electron chi connectivity index (χ1n) is 11.5. The Balaban J connectivity index is 1.27. The zero-order valence-electron chi connectivity index (χ0n) is 19.0. The van der Waals surface area contributed by atoms with E-state index in [4.69, 9.17) is 9.47 Å². The van der Waals surface area contributed by atoms with Crippen molar-refractivity contribution in [3.8, 4) is 5.75 Å². The molecule has 0 spiro atoms. The van der Waals surface area contributed by atoms with E-state index in [1.54, 1.807) is 24.3 Å². The zero-order chi connectivity index (χ0) is 23.6. The summed E-state index contributed by atoms with van der Waals surface area (Å²) >= 11 is 0. The molecule has 3 aromatic carbocycles. The van der Waals surface area contributed by atoms with Crippen molar-refractivity contribution in [1.82, 2.24) is 5.32 Å². The van der Waals surface area contributed by atoms with E-state index in [1.165, 1.54) is 0 Å². The summed E-state index contributed by atoms with van der Waals surface area (Å²) < 4.78 is 11.5. The first kappa shape index (κ1) is 23.3. The first-order valence-corrected chi connectivity index (χ1v) is 11.5. The second-order valence-electron chi connectivity index (χ2n) is 8.09. The lowest BCUT2D eigenvalue weighted by atomic mass is 10.1. The average Bonchev–Trinajstić information content (AvgIpc) is 3.40. The average molecular weight is 460 g/mol. The second-order valence-corrected chi connectivity index (χ2v) is 8.09. The summed E-state index contributed by atoms with van der Waals surface area (Å²) in [6.45, 7) is 1.77. The molecule has 1 atom stereocenters. The molecule has 1 fully saturated rings. The molecule has 0 bridgehead atoms. The number of anilines is 2. The van der Waals surface area contributed by atoms with Crippen molar-refractivity contribution in [3.05, 3.63) is 90.0 Å². The van der Waals surface area contributed by atoms with Gasteiger partial charge in [0.25, 0.3) is 5.91 Å². The summed E-state index contributed by atoms with van der Waals surface area (Å²) in [6.07, 6.45) is 2.18. The van der Waals surface area contributed by atoms with Crippen molar-refractivity contribution >= 4 is 23.2 Å². The van der Waals surface area contributed by atoms with E-state index in [9.17, 15) is 9.59 Å². The predicted octanol–water partition coefficient (Wildman–Crippen LogP) is 4.23. The van der Waals surface area contributed by atoms with Crippen LogP contribution in [0.1, 0.15) is 28.8 Å². The molecular formula is C27H29N3O4. The van der Waals surface area contributed by atoms with Gasteiger partial charge in [-0.15, -0.1) is 0 Å². The largest absolute Gasteiger partial charge is 0.489 e. The Kier molecular flexibility index (Phi) is 8.13. The molecule has 1 heterocycles. The van der Waals surface area contributed by atoms with Crippen LogP contribution in [0.3, 0.4) is 0 Å². The Bertz CT molecular complexity index is 1100. The molecule has 1 saturated heterocycles. The van der Waals surface area contributed by atoms with Crippen molar-refractivity contribution < 1.29 is 19.1 Å². The standard InChI is InChI=1S/C27H29N3O4/c31-26(18-28-24-13-4-5-14-25(24)34-19-23-12-7-15-33-23)30-22-11-6-10-21(16-22)27(32)29-17-20-8-2-1-3-9-20/h1-6,8-11,13-14,16,23,28H,7,12,15,17-19H2,(H,29,32)(H,30,31). The molecule has 1 unspecified atom stereocenters. The number of ether oxygens (including phenoxy) is 2. The normalized spacial score (nSPS) is 14.9. The highest BCUT2D eigenvalue weighted by molar-refractivity contribution is 5.98. The fraction of sp³-hybridized carbons (Fsp3) is 0.259. The van der Waals surface area contributed by atoms with Gasteiger partial charge < -0.3 is 25.4 Å². The van der Waals surface area contributed by atoms with Gasteiger partial charge in [-0.05, 0) is 48.7 Å². The highest BCUT2D eigenvalue weighted by Crippen LogP contribution is 2.25. The number of nitrogens with one attached hydrogen (secondary N) is 3. The van der Waals surface area contributed by atoms with Gasteiger partial charge in [0, 0.05) is 24.4 Å². The quantitative estimate of drug-likeness (QED) is 0.422. The molecule has 2 amide bonds. The van der Waals surface area contributed by atoms with Crippen molar-refractivity contribution in [2.75, 3.05) is 30.4 Å². The van der Waals surface area contributed by atoms with Gasteiger partial charge in [0.05, 0.1) is 18.3 Å². The van der Waals surface area contributed by atoms with Crippen LogP contribution in [0.15, 0.2) is 78.9 Å². The van der Waals surface area contributed by atoms with Gasteiger partial charge in [0.15, 0.2) is 0 Å². The van der Waals surface area contributed by atoms with Gasteiger partial charge in [0.1, 0.15) is 12.4 Å². The van der Waals surface area contributed by atoms with E-state index < -0.39 is 0 Å². The summed E-state index contributed by atoms with van der Waals surface area (Å²) in [6, 6.07) is 24.1. The van der Waals surface area contributed by atoms with Crippen LogP contribution >= 0.6 is 0 Å². The van der Waals surface area contributed by atoms with Crippen LogP contribution in [0.4, 0.5) is 11.4 Å². The van der Waals surface area contributed by atoms with Crippen molar-refractivity contribution in [2.45, 2.75) is 25.5 Å². The third-order valence-electron chi connectivity index (χ3n) is 5.48. The minimum atomic E-state index is -0.226. The van der Waals surface area contributed by atoms with Crippen LogP contribution in [0, 0.1) is 0 Å². The topological polar surface area (TPSA) is 88.7 Å². The van der Waals surface area contributed by atoms with Gasteiger partial charge in [-0.25, -0.2) is 0 Å². The fourth-order valence-electron chi connectivity index (χ4n) is 3.70. The Morgan fingerprint density at radius 1 is 0.971 bits per heavy atom. The summed E-state index contributed by atoms with van der Waals surface area (Å²) in [5.41, 5.74) is 2.80. The summed E-state index contributed by atoms with van der Waals surface area (Å²) in [7, 11) is 0. The molecule has 3 N–H and O–H groups in total. The maximum atomic E-state index is 12.5. The van der Waals surface area contributed by atoms with E-state index in [-0.39, 0.29) is 24.5 Å². The van der Waals surface area contributed by atoms with E-state index in [2.05, 4.69) is 16.0 Å². The van der Waals surface area contributed by atoms with E-state index in [0.717, 1.165) is 30.7 Å². The Hall–Kier alpha value is -3.84. The second kappa shape index (κ2) is 11.9. The Labute approximate surface area is 199 Å². The summed E-state index contributed by atoms with van der Waals surface area (Å²) in [4.78, 5) is 25.0. The summed E-state index contributed by atoms with van der Waals surface area (Å²) in [5.74, 6) is 0.258. The predicted molar refractivity (Wildman–Crippen MR) is 132 cm³/mol. The number of hydrogen-bond donors (Lipinski definition) is 3. The first-order chi connectivity index (χ1) is 16.7. The third kappa shape index (κ3) is 6.83. The van der Waals surface area contributed by atoms with Crippen LogP contribution in [0.25, 0.3) is 0 Å². The number of amides is 2. The molecule has 0 saturated carbocycles. The maximum absolute atomic E-state index is 12.5. The van der Waals surface area contributed by atoms with Crippen LogP contribution in [-0.2, 0) is 16.1 Å². The van der Waals surface area contributed by atoms with Crippen LogP contribution in [-0.4, -0.2) is 37.7 Å². The molecule has 4 rings (SSSR count). The molecule has 0 radical (unpaired) electrons. The molecule has 0 aliphatic carbocycles. The van der Waals surface area contributed by atoms with Gasteiger partial charge in [-0.2, -0.15) is 0 Å². The smallest absolute Gasteiger partial charge is 0.251 e. The van der Waals surface area contributed by atoms with Crippen molar-refractivity contribution in [2.24, 2.45) is 0 Å². The SMILES string of the molecule is O=C(CNc1ccccc1OCC1CCCO1)Nc1cccc(C(=O)NCc2ccccc2)c1. The zero-order valence-corrected chi connectivity index (χ0v) is 19.0. The van der Waals surface area contributed by atoms with E-state index >= 15 is 0 Å². The minimum Gasteiger partial charge on any atom is -0.489 e. The number of benzene rings is 3. The third-order valence-corrected chi connectivity index (χ3v) is 5.48. The maximum Gasteiger partial charge on any atom is 0.251 e. The molecule has 1 aliphatic rings. The Morgan fingerprint density at radius 3 is 2.62 bits per heavy atom. The lowest BCUT2D eigenvalue weighted by Gasteiger charge is -2.15. The summed E-state index contributed by atoms with van der Waals surface area (Å²) in [5, 5.41) is 8.86. The lowest BCUT2D eigenvalue weighted by molar-refractivity contribution is -0.114. The van der Waals surface area contributed by atoms with Gasteiger partial charge in [0.2, 0.25) is 5.91 Å². The van der Waals surface area contributed by atoms with E-state index in [0.29, 0.717) is 30.2 Å². The number of carbonyl (C=O) groups excluding carboxylic acids is 2. The number of carbonyl (C=O) groups is 2. The molecule has 7 heteroatoms. The molecule has 34 heavy (non-hydrogen) atoms. The molecule has 7 nitrogen and oxygen atoms in total. The van der Waals surface area contributed by atoms with Gasteiger partial charge in [-0.3, -0.25) is 9.59 Å². The van der Waals surface area contributed by atoms with E-state index in [1.807, 2.05) is 54.6 Å². The minimum absolute atomic E-state index is 0.0603. The van der Waals surface area contributed by atoms with Crippen LogP contribution in [0.5, 0.6) is 5.75 Å². The fourth-order valence-corrected chi connectivity index (χ4v) is 3.70. The number of para-hydroxylation sites is 2. The molecule has 176 valence electrons. The van der Waals surface area contributed by atoms with Crippen LogP contribution in [0.2, 0.25) is 0 Å². The molecule has 1 aliphatic heterocycles.